The van der Waals surface area contributed by atoms with Gasteiger partial charge in [-0.15, -0.1) is 5.10 Å². The maximum absolute atomic E-state index is 11.1. The molecule has 2 rings (SSSR count). The van der Waals surface area contributed by atoms with Crippen molar-refractivity contribution in [2.45, 2.75) is 20.3 Å². The van der Waals surface area contributed by atoms with Gasteiger partial charge in [0.2, 0.25) is 0 Å². The maximum atomic E-state index is 11.1. The van der Waals surface area contributed by atoms with E-state index in [0.717, 1.165) is 11.3 Å². The molecule has 1 aromatic carbocycles. The minimum Gasteiger partial charge on any atom is -0.481 e. The first-order chi connectivity index (χ1) is 8.49. The number of aromatic nitrogens is 3. The lowest BCUT2D eigenvalue weighted by Crippen LogP contribution is -2.26. The van der Waals surface area contributed by atoms with E-state index >= 15 is 0 Å². The van der Waals surface area contributed by atoms with Crippen LogP contribution in [-0.2, 0) is 11.2 Å². The van der Waals surface area contributed by atoms with Gasteiger partial charge in [0.1, 0.15) is 0 Å². The number of carbonyl (C=O) groups is 1. The summed E-state index contributed by atoms with van der Waals surface area (Å²) in [6.07, 6.45) is 3.83. The lowest BCUT2D eigenvalue weighted by atomic mass is 9.86. The van der Waals surface area contributed by atoms with Crippen molar-refractivity contribution in [1.82, 2.24) is 15.0 Å². The van der Waals surface area contributed by atoms with Crippen LogP contribution >= 0.6 is 0 Å². The third-order valence-corrected chi connectivity index (χ3v) is 2.82. The zero-order valence-electron chi connectivity index (χ0n) is 10.4. The first-order valence-electron chi connectivity index (χ1n) is 5.68. The van der Waals surface area contributed by atoms with Crippen LogP contribution in [0.5, 0.6) is 0 Å². The largest absolute Gasteiger partial charge is 0.481 e. The highest BCUT2D eigenvalue weighted by Gasteiger charge is 2.27. The molecular weight excluding hydrogens is 230 g/mol. The molecule has 0 unspecified atom stereocenters. The van der Waals surface area contributed by atoms with Crippen LogP contribution in [0.4, 0.5) is 0 Å². The minimum atomic E-state index is -0.798. The summed E-state index contributed by atoms with van der Waals surface area (Å²) in [7, 11) is 0. The van der Waals surface area contributed by atoms with Gasteiger partial charge in [-0.2, -0.15) is 0 Å². The lowest BCUT2D eigenvalue weighted by Gasteiger charge is -2.19. The van der Waals surface area contributed by atoms with E-state index in [1.54, 1.807) is 30.9 Å². The van der Waals surface area contributed by atoms with E-state index in [0.29, 0.717) is 6.42 Å². The van der Waals surface area contributed by atoms with Gasteiger partial charge in [-0.3, -0.25) is 4.79 Å². The Bertz CT molecular complexity index is 547. The first kappa shape index (κ1) is 12.3. The van der Waals surface area contributed by atoms with E-state index in [2.05, 4.69) is 10.3 Å². The summed E-state index contributed by atoms with van der Waals surface area (Å²) in [5, 5.41) is 16.8. The molecule has 94 valence electrons. The SMILES string of the molecule is CC(C)(Cc1cccc(-n2ccnn2)c1)C(=O)O. The Hall–Kier alpha value is -2.17. The molecule has 0 fully saturated rings. The van der Waals surface area contributed by atoms with Crippen molar-refractivity contribution in [3.05, 3.63) is 42.2 Å². The highest BCUT2D eigenvalue weighted by Crippen LogP contribution is 2.23. The summed E-state index contributed by atoms with van der Waals surface area (Å²) in [4.78, 5) is 11.1. The average Bonchev–Trinajstić information content (AvgIpc) is 2.82. The number of hydrogen-bond donors (Lipinski definition) is 1. The third kappa shape index (κ3) is 2.56. The van der Waals surface area contributed by atoms with Crippen LogP contribution in [0, 0.1) is 5.41 Å². The van der Waals surface area contributed by atoms with Crippen molar-refractivity contribution in [3.8, 4) is 5.69 Å². The summed E-state index contributed by atoms with van der Waals surface area (Å²) in [6, 6.07) is 7.65. The molecule has 0 amide bonds. The first-order valence-corrected chi connectivity index (χ1v) is 5.68. The summed E-state index contributed by atoms with van der Waals surface area (Å²) in [5.41, 5.74) is 1.07. The molecule has 0 radical (unpaired) electrons. The predicted octanol–water partition coefficient (Wildman–Crippen LogP) is 1.92. The monoisotopic (exact) mass is 245 g/mol. The summed E-state index contributed by atoms with van der Waals surface area (Å²) < 4.78 is 1.65. The van der Waals surface area contributed by atoms with Crippen LogP contribution in [0.25, 0.3) is 5.69 Å². The molecule has 0 saturated heterocycles. The highest BCUT2D eigenvalue weighted by atomic mass is 16.4. The molecule has 18 heavy (non-hydrogen) atoms. The zero-order valence-corrected chi connectivity index (χ0v) is 10.4. The summed E-state index contributed by atoms with van der Waals surface area (Å²) in [5.74, 6) is -0.798. The molecule has 5 heteroatoms. The predicted molar refractivity (Wildman–Crippen MR) is 66.5 cm³/mol. The fourth-order valence-electron chi connectivity index (χ4n) is 1.74. The number of carboxylic acids is 1. The molecule has 0 aliphatic heterocycles. The number of hydrogen-bond acceptors (Lipinski definition) is 3. The van der Waals surface area contributed by atoms with Crippen LogP contribution in [0.2, 0.25) is 0 Å². The van der Waals surface area contributed by atoms with Gasteiger partial charge in [0.25, 0.3) is 0 Å². The summed E-state index contributed by atoms with van der Waals surface area (Å²) >= 11 is 0. The topological polar surface area (TPSA) is 68.0 Å². The van der Waals surface area contributed by atoms with E-state index in [-0.39, 0.29) is 0 Å². The van der Waals surface area contributed by atoms with Gasteiger partial charge in [0.05, 0.1) is 23.5 Å². The van der Waals surface area contributed by atoms with E-state index in [1.807, 2.05) is 24.3 Å². The molecule has 2 aromatic rings. The number of aliphatic carboxylic acids is 1. The van der Waals surface area contributed by atoms with Crippen molar-refractivity contribution in [2.24, 2.45) is 5.41 Å². The smallest absolute Gasteiger partial charge is 0.309 e. The standard InChI is InChI=1S/C13H15N3O2/c1-13(2,12(17)18)9-10-4-3-5-11(8-10)16-7-6-14-15-16/h3-8H,9H2,1-2H3,(H,17,18). The van der Waals surface area contributed by atoms with Crippen molar-refractivity contribution in [1.29, 1.82) is 0 Å². The fraction of sp³-hybridized carbons (Fsp3) is 0.308. The normalized spacial score (nSPS) is 11.4. The van der Waals surface area contributed by atoms with E-state index in [9.17, 15) is 4.79 Å². The zero-order chi connectivity index (χ0) is 13.2. The second kappa shape index (κ2) is 4.60. The van der Waals surface area contributed by atoms with Crippen molar-refractivity contribution >= 4 is 5.97 Å². The Kier molecular flexibility index (Phi) is 3.14. The Balaban J connectivity index is 2.26. The van der Waals surface area contributed by atoms with Crippen LogP contribution in [0.1, 0.15) is 19.4 Å². The van der Waals surface area contributed by atoms with Crippen molar-refractivity contribution in [2.75, 3.05) is 0 Å². The number of carboxylic acid groups (broad SMARTS) is 1. The quantitative estimate of drug-likeness (QED) is 0.893. The fourth-order valence-corrected chi connectivity index (χ4v) is 1.74. The second-order valence-electron chi connectivity index (χ2n) is 4.88. The molecule has 0 saturated carbocycles. The van der Waals surface area contributed by atoms with Gasteiger partial charge in [-0.1, -0.05) is 17.3 Å². The number of nitrogens with zero attached hydrogens (tertiary/aromatic N) is 3. The van der Waals surface area contributed by atoms with Crippen LogP contribution in [-0.4, -0.2) is 26.1 Å². The Labute approximate surface area is 105 Å². The molecule has 0 spiro atoms. The van der Waals surface area contributed by atoms with Gasteiger partial charge in [0, 0.05) is 0 Å². The molecule has 5 nitrogen and oxygen atoms in total. The molecule has 0 atom stereocenters. The maximum Gasteiger partial charge on any atom is 0.309 e. The molecule has 0 bridgehead atoms. The Morgan fingerprint density at radius 2 is 2.22 bits per heavy atom. The van der Waals surface area contributed by atoms with Gasteiger partial charge < -0.3 is 5.11 Å². The second-order valence-corrected chi connectivity index (χ2v) is 4.88. The third-order valence-electron chi connectivity index (χ3n) is 2.82. The number of benzene rings is 1. The summed E-state index contributed by atoms with van der Waals surface area (Å²) in [6.45, 7) is 3.44. The van der Waals surface area contributed by atoms with Crippen molar-refractivity contribution in [3.63, 3.8) is 0 Å². The van der Waals surface area contributed by atoms with Crippen LogP contribution in [0.3, 0.4) is 0 Å². The van der Waals surface area contributed by atoms with Crippen LogP contribution in [0.15, 0.2) is 36.7 Å². The molecule has 1 heterocycles. The van der Waals surface area contributed by atoms with E-state index < -0.39 is 11.4 Å². The highest BCUT2D eigenvalue weighted by molar-refractivity contribution is 5.74. The average molecular weight is 245 g/mol. The molecule has 0 aliphatic carbocycles. The molecule has 1 aromatic heterocycles. The van der Waals surface area contributed by atoms with E-state index in [4.69, 9.17) is 5.11 Å². The Morgan fingerprint density at radius 1 is 1.44 bits per heavy atom. The van der Waals surface area contributed by atoms with Gasteiger partial charge in [-0.05, 0) is 38.0 Å². The molecule has 1 N–H and O–H groups in total. The van der Waals surface area contributed by atoms with Gasteiger partial charge >= 0.3 is 5.97 Å². The molecular formula is C13H15N3O2. The van der Waals surface area contributed by atoms with E-state index in [1.165, 1.54) is 0 Å². The number of rotatable bonds is 4. The minimum absolute atomic E-state index is 0.477. The molecule has 0 aliphatic rings. The van der Waals surface area contributed by atoms with Crippen LogP contribution < -0.4 is 0 Å². The van der Waals surface area contributed by atoms with Gasteiger partial charge in [-0.25, -0.2) is 4.68 Å². The Morgan fingerprint density at radius 3 is 2.83 bits per heavy atom. The van der Waals surface area contributed by atoms with Gasteiger partial charge in [0.15, 0.2) is 0 Å². The lowest BCUT2D eigenvalue weighted by molar-refractivity contribution is -0.146. The van der Waals surface area contributed by atoms with Crippen molar-refractivity contribution < 1.29 is 9.90 Å².